The van der Waals surface area contributed by atoms with E-state index in [-0.39, 0.29) is 17.2 Å². The van der Waals surface area contributed by atoms with Crippen LogP contribution in [0.5, 0.6) is 0 Å². The van der Waals surface area contributed by atoms with Gasteiger partial charge in [0.05, 0.1) is 11.8 Å². The van der Waals surface area contributed by atoms with E-state index in [1.807, 2.05) is 6.92 Å². The lowest BCUT2D eigenvalue weighted by Crippen LogP contribution is -2.29. The monoisotopic (exact) mass is 494 g/mol. The van der Waals surface area contributed by atoms with E-state index in [0.717, 1.165) is 10.0 Å². The lowest BCUT2D eigenvalue weighted by molar-refractivity contribution is -0.132. The number of halogens is 1. The molecule has 1 atom stereocenters. The average Bonchev–Trinajstić information content (AvgIpc) is 3.37. The van der Waals surface area contributed by atoms with Gasteiger partial charge in [0.1, 0.15) is 17.6 Å². The molecular formula is C24H19BrN2O5. The van der Waals surface area contributed by atoms with Crippen LogP contribution < -0.4 is 10.2 Å². The minimum absolute atomic E-state index is 0.0578. The third-order valence-corrected chi connectivity index (χ3v) is 6.04. The molecule has 3 aromatic rings. The first-order valence-electron chi connectivity index (χ1n) is 9.76. The van der Waals surface area contributed by atoms with Crippen LogP contribution >= 0.6 is 15.9 Å². The molecule has 2 N–H and O–H groups in total. The molecule has 2 amide bonds. The Labute approximate surface area is 192 Å². The molecular weight excluding hydrogens is 476 g/mol. The van der Waals surface area contributed by atoms with Crippen molar-refractivity contribution in [1.29, 1.82) is 0 Å². The quantitative estimate of drug-likeness (QED) is 0.304. The van der Waals surface area contributed by atoms with Crippen LogP contribution in [-0.2, 0) is 14.4 Å². The smallest absolute Gasteiger partial charge is 0.300 e. The predicted molar refractivity (Wildman–Crippen MR) is 123 cm³/mol. The van der Waals surface area contributed by atoms with Crippen LogP contribution in [0.3, 0.4) is 0 Å². The first-order valence-corrected chi connectivity index (χ1v) is 10.6. The van der Waals surface area contributed by atoms with Crippen LogP contribution in [0.25, 0.3) is 5.76 Å². The fraction of sp³-hybridized carbons (Fsp3) is 0.125. The Morgan fingerprint density at radius 2 is 1.84 bits per heavy atom. The molecule has 2 aromatic carbocycles. The number of nitrogens with zero attached hydrogens (tertiary/aromatic N) is 1. The van der Waals surface area contributed by atoms with Crippen molar-refractivity contribution in [3.63, 3.8) is 0 Å². The summed E-state index contributed by atoms with van der Waals surface area (Å²) < 4.78 is 6.40. The summed E-state index contributed by atoms with van der Waals surface area (Å²) in [6.45, 7) is 3.26. The normalized spacial score (nSPS) is 17.6. The highest BCUT2D eigenvalue weighted by atomic mass is 79.9. The fourth-order valence-electron chi connectivity index (χ4n) is 3.67. The number of furan rings is 1. The number of aryl methyl sites for hydroxylation is 1. The predicted octanol–water partition coefficient (Wildman–Crippen LogP) is 4.94. The highest BCUT2D eigenvalue weighted by Gasteiger charge is 2.48. The molecule has 7 nitrogen and oxygen atoms in total. The summed E-state index contributed by atoms with van der Waals surface area (Å²) >= 11 is 3.42. The molecule has 1 saturated heterocycles. The van der Waals surface area contributed by atoms with E-state index in [0.29, 0.717) is 22.7 Å². The molecule has 0 bridgehead atoms. The van der Waals surface area contributed by atoms with Crippen molar-refractivity contribution in [1.82, 2.24) is 0 Å². The molecule has 4 rings (SSSR count). The van der Waals surface area contributed by atoms with E-state index in [4.69, 9.17) is 4.42 Å². The van der Waals surface area contributed by atoms with Crippen LogP contribution in [-0.4, -0.2) is 22.7 Å². The summed E-state index contributed by atoms with van der Waals surface area (Å²) in [7, 11) is 0. The van der Waals surface area contributed by atoms with Gasteiger partial charge >= 0.3 is 0 Å². The summed E-state index contributed by atoms with van der Waals surface area (Å²) in [6, 6.07) is 14.0. The van der Waals surface area contributed by atoms with Crippen molar-refractivity contribution >= 4 is 50.7 Å². The van der Waals surface area contributed by atoms with E-state index in [1.54, 1.807) is 54.6 Å². The number of hydrogen-bond acceptors (Lipinski definition) is 5. The molecule has 1 unspecified atom stereocenters. The maximum Gasteiger partial charge on any atom is 0.300 e. The molecule has 32 heavy (non-hydrogen) atoms. The van der Waals surface area contributed by atoms with Gasteiger partial charge in [-0.1, -0.05) is 22.0 Å². The highest BCUT2D eigenvalue weighted by Crippen LogP contribution is 2.42. The zero-order valence-corrected chi connectivity index (χ0v) is 18.8. The topological polar surface area (TPSA) is 99.9 Å². The number of ketones is 1. The van der Waals surface area contributed by atoms with Gasteiger partial charge in [-0.05, 0) is 61.0 Å². The van der Waals surface area contributed by atoms with Gasteiger partial charge < -0.3 is 14.8 Å². The minimum atomic E-state index is -0.944. The van der Waals surface area contributed by atoms with Crippen LogP contribution in [0.1, 0.15) is 29.9 Å². The number of aliphatic hydroxyl groups is 1. The third-order valence-electron chi connectivity index (χ3n) is 5.15. The SMILES string of the molecule is CC(=O)Nc1ccc(N2C(=O)C(=O)/C(=C(\O)c3ccc(Br)c(C)c3)C2c2ccco2)cc1. The Balaban J connectivity index is 1.85. The Morgan fingerprint density at radius 1 is 1.12 bits per heavy atom. The number of rotatable bonds is 4. The molecule has 0 radical (unpaired) electrons. The number of amides is 2. The molecule has 1 aromatic heterocycles. The molecule has 162 valence electrons. The van der Waals surface area contributed by atoms with Crippen LogP contribution in [0.2, 0.25) is 0 Å². The first-order chi connectivity index (χ1) is 15.3. The number of hydrogen-bond donors (Lipinski definition) is 2. The largest absolute Gasteiger partial charge is 0.507 e. The number of anilines is 2. The zero-order chi connectivity index (χ0) is 23.0. The van der Waals surface area contributed by atoms with Gasteiger partial charge in [0.15, 0.2) is 0 Å². The van der Waals surface area contributed by atoms with Crippen LogP contribution in [0, 0.1) is 6.92 Å². The Morgan fingerprint density at radius 3 is 2.44 bits per heavy atom. The maximum absolute atomic E-state index is 13.1. The maximum atomic E-state index is 13.1. The van der Waals surface area contributed by atoms with Gasteiger partial charge in [0.25, 0.3) is 11.7 Å². The number of Topliss-reactive ketones (excluding diaryl/α,β-unsaturated/α-hetero) is 1. The second-order valence-corrected chi connectivity index (χ2v) is 8.23. The summed E-state index contributed by atoms with van der Waals surface area (Å²) in [5, 5.41) is 13.7. The van der Waals surface area contributed by atoms with Gasteiger partial charge in [0, 0.05) is 28.3 Å². The van der Waals surface area contributed by atoms with E-state index in [1.165, 1.54) is 18.1 Å². The lowest BCUT2D eigenvalue weighted by atomic mass is 9.98. The molecule has 0 saturated carbocycles. The second-order valence-electron chi connectivity index (χ2n) is 7.38. The van der Waals surface area contributed by atoms with Gasteiger partial charge in [0.2, 0.25) is 5.91 Å². The van der Waals surface area contributed by atoms with E-state index >= 15 is 0 Å². The van der Waals surface area contributed by atoms with Crippen LogP contribution in [0.15, 0.2) is 75.3 Å². The number of aliphatic hydroxyl groups excluding tert-OH is 1. The summed E-state index contributed by atoms with van der Waals surface area (Å²) in [5.74, 6) is -1.76. The molecule has 1 fully saturated rings. The Bertz CT molecular complexity index is 1250. The first kappa shape index (κ1) is 21.6. The number of carbonyl (C=O) groups is 3. The van der Waals surface area contributed by atoms with Crippen molar-refractivity contribution in [2.45, 2.75) is 19.9 Å². The fourth-order valence-corrected chi connectivity index (χ4v) is 3.92. The lowest BCUT2D eigenvalue weighted by Gasteiger charge is -2.23. The molecule has 0 spiro atoms. The summed E-state index contributed by atoms with van der Waals surface area (Å²) in [4.78, 5) is 38.7. The van der Waals surface area contributed by atoms with Gasteiger partial charge in [-0.3, -0.25) is 19.3 Å². The summed E-state index contributed by atoms with van der Waals surface area (Å²) in [5.41, 5.74) is 2.21. The zero-order valence-electron chi connectivity index (χ0n) is 17.3. The molecule has 1 aliphatic heterocycles. The van der Waals surface area contributed by atoms with E-state index < -0.39 is 17.7 Å². The Hall–Kier alpha value is -3.65. The molecule has 2 heterocycles. The van der Waals surface area contributed by atoms with Crippen LogP contribution in [0.4, 0.5) is 11.4 Å². The van der Waals surface area contributed by atoms with Crippen molar-refractivity contribution in [2.24, 2.45) is 0 Å². The minimum Gasteiger partial charge on any atom is -0.507 e. The van der Waals surface area contributed by atoms with Gasteiger partial charge in [-0.25, -0.2) is 0 Å². The van der Waals surface area contributed by atoms with Crippen molar-refractivity contribution < 1.29 is 23.9 Å². The molecule has 1 aliphatic rings. The van der Waals surface area contributed by atoms with Gasteiger partial charge in [-0.15, -0.1) is 0 Å². The van der Waals surface area contributed by atoms with Crippen molar-refractivity contribution in [3.8, 4) is 0 Å². The highest BCUT2D eigenvalue weighted by molar-refractivity contribution is 9.10. The third kappa shape index (κ3) is 3.85. The van der Waals surface area contributed by atoms with Crippen molar-refractivity contribution in [3.05, 3.63) is 87.8 Å². The molecule has 0 aliphatic carbocycles. The average molecular weight is 495 g/mol. The van der Waals surface area contributed by atoms with E-state index in [9.17, 15) is 19.5 Å². The standard InChI is InChI=1S/C24H19BrN2O5/c1-13-12-15(5-10-18(13)25)22(29)20-21(19-4-3-11-32-19)27(24(31)23(20)30)17-8-6-16(7-9-17)26-14(2)28/h3-12,21,29H,1-2H3,(H,26,28)/b22-20-. The number of carbonyl (C=O) groups excluding carboxylic acids is 3. The second kappa shape index (κ2) is 8.47. The van der Waals surface area contributed by atoms with Gasteiger partial charge in [-0.2, -0.15) is 0 Å². The number of nitrogens with one attached hydrogen (secondary N) is 1. The Kier molecular flexibility index (Phi) is 5.71. The summed E-state index contributed by atoms with van der Waals surface area (Å²) in [6.07, 6.45) is 1.44. The van der Waals surface area contributed by atoms with Crippen molar-refractivity contribution in [2.75, 3.05) is 10.2 Å². The van der Waals surface area contributed by atoms with E-state index in [2.05, 4.69) is 21.2 Å². The number of benzene rings is 2. The molecule has 8 heteroatoms.